The second-order valence-electron chi connectivity index (χ2n) is 2.37. The van der Waals surface area contributed by atoms with Gasteiger partial charge < -0.3 is 0 Å². The molecule has 1 unspecified atom stereocenters. The SMILES string of the molecule is [CH2]CCCC(C)SC(F)(F)F. The first-order chi connectivity index (χ1) is 4.95. The monoisotopic (exact) mass is 185 g/mol. The van der Waals surface area contributed by atoms with E-state index in [0.29, 0.717) is 12.8 Å². The van der Waals surface area contributed by atoms with E-state index in [2.05, 4.69) is 6.92 Å². The van der Waals surface area contributed by atoms with Gasteiger partial charge in [-0.25, -0.2) is 0 Å². The molecule has 0 bridgehead atoms. The Labute approximate surface area is 69.5 Å². The fraction of sp³-hybridized carbons (Fsp3) is 0.857. The fourth-order valence-corrected chi connectivity index (χ4v) is 1.46. The normalized spacial score (nSPS) is 15.0. The van der Waals surface area contributed by atoms with Crippen LogP contribution in [-0.4, -0.2) is 10.8 Å². The zero-order valence-electron chi connectivity index (χ0n) is 6.45. The van der Waals surface area contributed by atoms with Crippen LogP contribution >= 0.6 is 11.8 Å². The number of halogens is 3. The summed E-state index contributed by atoms with van der Waals surface area (Å²) in [6.45, 7) is 5.15. The lowest BCUT2D eigenvalue weighted by atomic mass is 10.2. The average Bonchev–Trinajstić information content (AvgIpc) is 1.79. The van der Waals surface area contributed by atoms with Gasteiger partial charge in [-0.05, 0) is 18.2 Å². The van der Waals surface area contributed by atoms with Gasteiger partial charge in [0.1, 0.15) is 0 Å². The predicted octanol–water partition coefficient (Wildman–Crippen LogP) is 3.63. The summed E-state index contributed by atoms with van der Waals surface area (Å²) < 4.78 is 35.0. The molecular weight excluding hydrogens is 173 g/mol. The van der Waals surface area contributed by atoms with Crippen molar-refractivity contribution in [2.24, 2.45) is 0 Å². The molecular formula is C7H12F3S. The second kappa shape index (κ2) is 4.91. The summed E-state index contributed by atoms with van der Waals surface area (Å²) in [7, 11) is 0. The first-order valence-corrected chi connectivity index (χ1v) is 4.37. The van der Waals surface area contributed by atoms with Gasteiger partial charge >= 0.3 is 5.51 Å². The third-order valence-corrected chi connectivity index (χ3v) is 2.10. The number of thioether (sulfide) groups is 1. The molecule has 67 valence electrons. The zero-order valence-corrected chi connectivity index (χ0v) is 7.26. The Morgan fingerprint density at radius 3 is 2.36 bits per heavy atom. The third-order valence-electron chi connectivity index (χ3n) is 1.20. The Bertz CT molecular complexity index is 100. The van der Waals surface area contributed by atoms with Crippen molar-refractivity contribution in [1.82, 2.24) is 0 Å². The van der Waals surface area contributed by atoms with Crippen molar-refractivity contribution in [3.05, 3.63) is 6.92 Å². The third kappa shape index (κ3) is 8.04. The van der Waals surface area contributed by atoms with E-state index >= 15 is 0 Å². The molecule has 0 saturated heterocycles. The Hall–Kier alpha value is 0.140. The minimum atomic E-state index is -4.08. The van der Waals surface area contributed by atoms with Gasteiger partial charge in [0.05, 0.1) is 0 Å². The lowest BCUT2D eigenvalue weighted by molar-refractivity contribution is -0.0333. The standard InChI is InChI=1S/C7H12F3S/c1-3-4-5-6(2)11-7(8,9)10/h6H,1,3-5H2,2H3. The largest absolute Gasteiger partial charge is 0.442 e. The van der Waals surface area contributed by atoms with Gasteiger partial charge in [-0.3, -0.25) is 0 Å². The highest BCUT2D eigenvalue weighted by Crippen LogP contribution is 2.35. The smallest absolute Gasteiger partial charge is 0.160 e. The van der Waals surface area contributed by atoms with Crippen LogP contribution in [0.15, 0.2) is 0 Å². The van der Waals surface area contributed by atoms with Crippen LogP contribution in [0.2, 0.25) is 0 Å². The molecule has 0 rings (SSSR count). The number of alkyl halides is 3. The molecule has 0 aliphatic carbocycles. The fourth-order valence-electron chi connectivity index (χ4n) is 0.719. The number of unbranched alkanes of at least 4 members (excludes halogenated alkanes) is 1. The maximum Gasteiger partial charge on any atom is 0.442 e. The van der Waals surface area contributed by atoms with E-state index < -0.39 is 5.51 Å². The number of rotatable bonds is 4. The van der Waals surface area contributed by atoms with Crippen molar-refractivity contribution < 1.29 is 13.2 Å². The lowest BCUT2D eigenvalue weighted by Gasteiger charge is -2.11. The van der Waals surface area contributed by atoms with E-state index in [4.69, 9.17) is 0 Å². The average molecular weight is 185 g/mol. The first-order valence-electron chi connectivity index (χ1n) is 3.49. The summed E-state index contributed by atoms with van der Waals surface area (Å²) >= 11 is 0.0689. The molecule has 0 spiro atoms. The van der Waals surface area contributed by atoms with Gasteiger partial charge in [0.2, 0.25) is 0 Å². The van der Waals surface area contributed by atoms with Crippen molar-refractivity contribution in [3.63, 3.8) is 0 Å². The lowest BCUT2D eigenvalue weighted by Crippen LogP contribution is -2.08. The van der Waals surface area contributed by atoms with Crippen molar-refractivity contribution in [3.8, 4) is 0 Å². The minimum absolute atomic E-state index is 0.0689. The first kappa shape index (κ1) is 11.1. The molecule has 11 heavy (non-hydrogen) atoms. The van der Waals surface area contributed by atoms with Crippen LogP contribution in [0, 0.1) is 6.92 Å². The molecule has 0 nitrogen and oxygen atoms in total. The Morgan fingerprint density at radius 2 is 2.00 bits per heavy atom. The Balaban J connectivity index is 3.44. The molecule has 0 fully saturated rings. The molecule has 0 aliphatic rings. The highest BCUT2D eigenvalue weighted by Gasteiger charge is 2.30. The van der Waals surface area contributed by atoms with E-state index in [1.165, 1.54) is 0 Å². The molecule has 4 heteroatoms. The van der Waals surface area contributed by atoms with E-state index in [0.717, 1.165) is 6.42 Å². The van der Waals surface area contributed by atoms with Gasteiger partial charge in [0.15, 0.2) is 0 Å². The summed E-state index contributed by atoms with van der Waals surface area (Å²) in [5.74, 6) is 0. The molecule has 0 heterocycles. The number of hydrogen-bond acceptors (Lipinski definition) is 1. The molecule has 0 saturated carbocycles. The van der Waals surface area contributed by atoms with Gasteiger partial charge in [-0.2, -0.15) is 13.2 Å². The van der Waals surface area contributed by atoms with Gasteiger partial charge in [0, 0.05) is 5.25 Å². The summed E-state index contributed by atoms with van der Waals surface area (Å²) in [5, 5.41) is -0.336. The highest BCUT2D eigenvalue weighted by molar-refractivity contribution is 8.00. The van der Waals surface area contributed by atoms with Crippen molar-refractivity contribution in [2.75, 3.05) is 0 Å². The Kier molecular flexibility index (Phi) is 4.97. The van der Waals surface area contributed by atoms with Crippen LogP contribution in [0.25, 0.3) is 0 Å². The van der Waals surface area contributed by atoms with E-state index in [9.17, 15) is 13.2 Å². The maximum atomic E-state index is 11.7. The van der Waals surface area contributed by atoms with Crippen molar-refractivity contribution in [2.45, 2.75) is 36.9 Å². The minimum Gasteiger partial charge on any atom is -0.160 e. The van der Waals surface area contributed by atoms with Crippen molar-refractivity contribution in [1.29, 1.82) is 0 Å². The molecule has 1 atom stereocenters. The van der Waals surface area contributed by atoms with Crippen LogP contribution < -0.4 is 0 Å². The van der Waals surface area contributed by atoms with Gasteiger partial charge in [0.25, 0.3) is 0 Å². The quantitative estimate of drug-likeness (QED) is 0.644. The van der Waals surface area contributed by atoms with Crippen LogP contribution in [0.1, 0.15) is 26.2 Å². The van der Waals surface area contributed by atoms with E-state index in [1.807, 2.05) is 0 Å². The molecule has 0 aliphatic heterocycles. The maximum absolute atomic E-state index is 11.7. The van der Waals surface area contributed by atoms with Crippen LogP contribution in [0.4, 0.5) is 13.2 Å². The molecule has 1 radical (unpaired) electrons. The number of hydrogen-bond donors (Lipinski definition) is 0. The molecule has 0 aromatic heterocycles. The zero-order chi connectivity index (χ0) is 8.91. The molecule has 0 amide bonds. The van der Waals surface area contributed by atoms with Gasteiger partial charge in [-0.1, -0.05) is 26.7 Å². The molecule has 0 N–H and O–H groups in total. The van der Waals surface area contributed by atoms with Crippen molar-refractivity contribution >= 4 is 11.8 Å². The van der Waals surface area contributed by atoms with E-state index in [-0.39, 0.29) is 17.0 Å². The topological polar surface area (TPSA) is 0 Å². The second-order valence-corrected chi connectivity index (χ2v) is 3.87. The van der Waals surface area contributed by atoms with Crippen LogP contribution in [0.3, 0.4) is 0 Å². The highest BCUT2D eigenvalue weighted by atomic mass is 32.2. The van der Waals surface area contributed by atoms with Crippen LogP contribution in [-0.2, 0) is 0 Å². The summed E-state index contributed by atoms with van der Waals surface area (Å²) in [5.41, 5.74) is -4.08. The Morgan fingerprint density at radius 1 is 1.45 bits per heavy atom. The summed E-state index contributed by atoms with van der Waals surface area (Å²) in [4.78, 5) is 0. The predicted molar refractivity (Wildman–Crippen MR) is 42.3 cm³/mol. The summed E-state index contributed by atoms with van der Waals surface area (Å²) in [6.07, 6.45) is 2.07. The van der Waals surface area contributed by atoms with Gasteiger partial charge in [-0.15, -0.1) is 0 Å². The van der Waals surface area contributed by atoms with E-state index in [1.54, 1.807) is 6.92 Å². The molecule has 0 aromatic carbocycles. The van der Waals surface area contributed by atoms with Crippen LogP contribution in [0.5, 0.6) is 0 Å². The molecule has 0 aromatic rings. The summed E-state index contributed by atoms with van der Waals surface area (Å²) in [6, 6.07) is 0.